The van der Waals surface area contributed by atoms with Gasteiger partial charge in [-0.25, -0.2) is 9.18 Å². The first-order valence-corrected chi connectivity index (χ1v) is 7.93. The normalized spacial score (nSPS) is 10.5. The van der Waals surface area contributed by atoms with Crippen LogP contribution in [0.4, 0.5) is 10.1 Å². The highest BCUT2D eigenvalue weighted by atomic mass is 32.2. The van der Waals surface area contributed by atoms with Gasteiger partial charge in [0.1, 0.15) is 5.82 Å². The van der Waals surface area contributed by atoms with Crippen LogP contribution < -0.4 is 11.1 Å². The minimum atomic E-state index is -0.625. The Kier molecular flexibility index (Phi) is 4.76. The summed E-state index contributed by atoms with van der Waals surface area (Å²) in [6, 6.07) is 12.8. The molecule has 24 heavy (non-hydrogen) atoms. The Balaban J connectivity index is 1.56. The van der Waals surface area contributed by atoms with E-state index in [1.165, 1.54) is 23.9 Å². The van der Waals surface area contributed by atoms with Gasteiger partial charge in [-0.05, 0) is 48.5 Å². The SMILES string of the molecule is O=C(CSc1ccc(F)cc1)Nc1ccc(-c2noc(=O)[nH]2)cc1. The maximum Gasteiger partial charge on any atom is 0.439 e. The van der Waals surface area contributed by atoms with Crippen LogP contribution >= 0.6 is 11.8 Å². The summed E-state index contributed by atoms with van der Waals surface area (Å²) < 4.78 is 17.2. The molecule has 0 saturated heterocycles. The van der Waals surface area contributed by atoms with E-state index in [-0.39, 0.29) is 17.5 Å². The first-order chi connectivity index (χ1) is 11.6. The summed E-state index contributed by atoms with van der Waals surface area (Å²) in [4.78, 5) is 26.1. The summed E-state index contributed by atoms with van der Waals surface area (Å²) in [5.41, 5.74) is 1.29. The van der Waals surface area contributed by atoms with E-state index in [9.17, 15) is 14.0 Å². The van der Waals surface area contributed by atoms with E-state index in [1.807, 2.05) is 0 Å². The molecule has 2 aromatic carbocycles. The number of carbonyl (C=O) groups is 1. The average Bonchev–Trinajstić information content (AvgIpc) is 3.01. The fourth-order valence-electron chi connectivity index (χ4n) is 1.94. The number of amides is 1. The molecule has 3 rings (SSSR count). The lowest BCUT2D eigenvalue weighted by Gasteiger charge is -2.06. The smallest absolute Gasteiger partial charge is 0.325 e. The molecule has 6 nitrogen and oxygen atoms in total. The van der Waals surface area contributed by atoms with E-state index >= 15 is 0 Å². The van der Waals surface area contributed by atoms with Crippen molar-refractivity contribution in [2.24, 2.45) is 0 Å². The first kappa shape index (κ1) is 16.0. The number of thioether (sulfide) groups is 1. The van der Waals surface area contributed by atoms with Crippen molar-refractivity contribution in [2.45, 2.75) is 4.90 Å². The van der Waals surface area contributed by atoms with Crippen LogP contribution in [-0.4, -0.2) is 21.8 Å². The van der Waals surface area contributed by atoms with E-state index in [0.29, 0.717) is 17.1 Å². The second-order valence-corrected chi connectivity index (χ2v) is 5.86. The lowest BCUT2D eigenvalue weighted by atomic mass is 10.2. The zero-order chi connectivity index (χ0) is 16.9. The molecule has 0 aliphatic carbocycles. The highest BCUT2D eigenvalue weighted by Gasteiger charge is 2.06. The van der Waals surface area contributed by atoms with E-state index in [4.69, 9.17) is 0 Å². The summed E-state index contributed by atoms with van der Waals surface area (Å²) >= 11 is 1.32. The summed E-state index contributed by atoms with van der Waals surface area (Å²) in [6.45, 7) is 0. The number of benzene rings is 2. The number of carbonyl (C=O) groups excluding carboxylic acids is 1. The second-order valence-electron chi connectivity index (χ2n) is 4.81. The third kappa shape index (κ3) is 4.11. The average molecular weight is 345 g/mol. The number of halogens is 1. The second kappa shape index (κ2) is 7.14. The number of nitrogens with zero attached hydrogens (tertiary/aromatic N) is 1. The van der Waals surface area contributed by atoms with Gasteiger partial charge in [-0.3, -0.25) is 14.3 Å². The molecule has 0 saturated carbocycles. The zero-order valence-corrected chi connectivity index (χ0v) is 13.1. The number of aromatic nitrogens is 2. The molecule has 1 amide bonds. The van der Waals surface area contributed by atoms with Gasteiger partial charge in [-0.2, -0.15) is 0 Å². The van der Waals surface area contributed by atoms with Gasteiger partial charge >= 0.3 is 5.76 Å². The van der Waals surface area contributed by atoms with Crippen molar-refractivity contribution >= 4 is 23.4 Å². The minimum absolute atomic E-state index is 0.174. The molecule has 122 valence electrons. The van der Waals surface area contributed by atoms with E-state index in [1.54, 1.807) is 36.4 Å². The van der Waals surface area contributed by atoms with Crippen LogP contribution in [0.15, 0.2) is 62.7 Å². The molecule has 0 radical (unpaired) electrons. The predicted molar refractivity (Wildman–Crippen MR) is 88.3 cm³/mol. The topological polar surface area (TPSA) is 88.0 Å². The van der Waals surface area contributed by atoms with Crippen molar-refractivity contribution in [1.29, 1.82) is 0 Å². The van der Waals surface area contributed by atoms with Crippen LogP contribution in [0.5, 0.6) is 0 Å². The van der Waals surface area contributed by atoms with E-state index in [0.717, 1.165) is 4.90 Å². The molecule has 1 heterocycles. The molecule has 2 N–H and O–H groups in total. The van der Waals surface area contributed by atoms with Gasteiger partial charge in [0.15, 0.2) is 5.82 Å². The standard InChI is InChI=1S/C16H12FN3O3S/c17-11-3-7-13(8-4-11)24-9-14(21)18-12-5-1-10(2-6-12)15-19-16(22)23-20-15/h1-8H,9H2,(H,18,21)(H,19,20,22). The van der Waals surface area contributed by atoms with Gasteiger partial charge < -0.3 is 5.32 Å². The summed E-state index contributed by atoms with van der Waals surface area (Å²) in [7, 11) is 0. The molecular weight excluding hydrogens is 333 g/mol. The molecule has 0 aliphatic heterocycles. The number of aromatic amines is 1. The lowest BCUT2D eigenvalue weighted by molar-refractivity contribution is -0.113. The van der Waals surface area contributed by atoms with Crippen molar-refractivity contribution in [3.8, 4) is 11.4 Å². The van der Waals surface area contributed by atoms with Crippen LogP contribution in [0, 0.1) is 5.82 Å². The molecular formula is C16H12FN3O3S. The van der Waals surface area contributed by atoms with Gasteiger partial charge in [-0.15, -0.1) is 11.8 Å². The Labute approximate surface area is 140 Å². The number of anilines is 1. The van der Waals surface area contributed by atoms with Gasteiger partial charge in [0, 0.05) is 16.1 Å². The Morgan fingerprint density at radius 1 is 1.17 bits per heavy atom. The minimum Gasteiger partial charge on any atom is -0.325 e. The Hall–Kier alpha value is -2.87. The largest absolute Gasteiger partial charge is 0.439 e. The van der Waals surface area contributed by atoms with Crippen LogP contribution in [0.2, 0.25) is 0 Å². The van der Waals surface area contributed by atoms with Crippen LogP contribution in [0.1, 0.15) is 0 Å². The Bertz CT molecular complexity index is 888. The summed E-state index contributed by atoms with van der Waals surface area (Å²) in [6.07, 6.45) is 0. The van der Waals surface area contributed by atoms with Gasteiger partial charge in [0.25, 0.3) is 0 Å². The van der Waals surface area contributed by atoms with E-state index < -0.39 is 5.76 Å². The third-order valence-corrected chi connectivity index (χ3v) is 4.08. The highest BCUT2D eigenvalue weighted by Crippen LogP contribution is 2.20. The highest BCUT2D eigenvalue weighted by molar-refractivity contribution is 8.00. The maximum absolute atomic E-state index is 12.8. The van der Waals surface area contributed by atoms with Crippen molar-refractivity contribution in [3.63, 3.8) is 0 Å². The number of nitrogens with one attached hydrogen (secondary N) is 2. The van der Waals surface area contributed by atoms with Crippen LogP contribution in [0.3, 0.4) is 0 Å². The zero-order valence-electron chi connectivity index (χ0n) is 12.3. The van der Waals surface area contributed by atoms with Gasteiger partial charge in [0.05, 0.1) is 5.75 Å². The molecule has 0 fully saturated rings. The molecule has 8 heteroatoms. The number of rotatable bonds is 5. The van der Waals surface area contributed by atoms with E-state index in [2.05, 4.69) is 20.0 Å². The third-order valence-electron chi connectivity index (χ3n) is 3.07. The van der Waals surface area contributed by atoms with Crippen LogP contribution in [0.25, 0.3) is 11.4 Å². The van der Waals surface area contributed by atoms with Crippen molar-refractivity contribution in [2.75, 3.05) is 11.1 Å². The van der Waals surface area contributed by atoms with Gasteiger partial charge in [-0.1, -0.05) is 5.16 Å². The maximum atomic E-state index is 12.8. The molecule has 3 aromatic rings. The molecule has 0 aliphatic rings. The first-order valence-electron chi connectivity index (χ1n) is 6.95. The molecule has 0 atom stereocenters. The van der Waals surface area contributed by atoms with Crippen LogP contribution in [-0.2, 0) is 4.79 Å². The quantitative estimate of drug-likeness (QED) is 0.694. The predicted octanol–water partition coefficient (Wildman–Crippen LogP) is 2.90. The molecule has 0 bridgehead atoms. The fraction of sp³-hybridized carbons (Fsp3) is 0.0625. The van der Waals surface area contributed by atoms with Crippen molar-refractivity contribution in [3.05, 3.63) is 64.9 Å². The number of H-pyrrole nitrogens is 1. The summed E-state index contributed by atoms with van der Waals surface area (Å²) in [5.74, 6) is -0.571. The Morgan fingerprint density at radius 3 is 2.50 bits per heavy atom. The fourth-order valence-corrected chi connectivity index (χ4v) is 2.64. The molecule has 0 spiro atoms. The lowest BCUT2D eigenvalue weighted by Crippen LogP contribution is -2.13. The van der Waals surface area contributed by atoms with Crippen molar-refractivity contribution < 1.29 is 13.7 Å². The molecule has 0 unspecified atom stereocenters. The van der Waals surface area contributed by atoms with Gasteiger partial charge in [0.2, 0.25) is 5.91 Å². The monoisotopic (exact) mass is 345 g/mol. The summed E-state index contributed by atoms with van der Waals surface area (Å²) in [5, 5.41) is 6.34. The number of hydrogen-bond donors (Lipinski definition) is 2. The number of hydrogen-bond acceptors (Lipinski definition) is 5. The molecule has 1 aromatic heterocycles. The Morgan fingerprint density at radius 2 is 1.88 bits per heavy atom. The van der Waals surface area contributed by atoms with Crippen molar-refractivity contribution in [1.82, 2.24) is 10.1 Å².